The number of halogens is 6. The standard InChI is InChI=1S/C44H66F6NO12PSi/c1-25(2)65(26(3)4,27(5)6)63-35-19-34(18-33-17-28(7)16-32(59-33)14-15-52)60-38(20-35)36-21-56-39(51-36)13-11-12-37-29(8)41(30(9)42(61-37)31(10)53)62-40(54)22-64(55,57-23-43(45,46)47)58-24-44(48,49)50/h11,13,15,21,25-27,29-30,32-35,37-38,41-42H,7,12,14,16-20,22-24H2,1-6,8-10H3/b13-11+/t29-,30+,32-,33+,34+,35+,37+,38+,41-,42+/m0/s1. The van der Waals surface area contributed by atoms with Gasteiger partial charge in [0.1, 0.15) is 42.7 Å². The number of ketones is 1. The van der Waals surface area contributed by atoms with Gasteiger partial charge in [-0.3, -0.25) is 23.2 Å². The highest BCUT2D eigenvalue weighted by Crippen LogP contribution is 2.51. The molecule has 3 aliphatic rings. The third-order valence-electron chi connectivity index (χ3n) is 12.5. The van der Waals surface area contributed by atoms with Crippen molar-refractivity contribution in [2.45, 2.75) is 185 Å². The van der Waals surface area contributed by atoms with E-state index in [0.29, 0.717) is 54.4 Å². The van der Waals surface area contributed by atoms with Crippen LogP contribution in [0.1, 0.15) is 125 Å². The summed E-state index contributed by atoms with van der Waals surface area (Å²) >= 11 is 0. The molecule has 0 N–H and O–H groups in total. The number of hydrogen-bond acceptors (Lipinski definition) is 13. The summed E-state index contributed by atoms with van der Waals surface area (Å²) in [4.78, 5) is 41.8. The molecule has 10 atom stereocenters. The molecule has 0 aliphatic carbocycles. The fourth-order valence-electron chi connectivity index (χ4n) is 9.78. The van der Waals surface area contributed by atoms with Crippen LogP contribution in [0, 0.1) is 11.8 Å². The van der Waals surface area contributed by atoms with Gasteiger partial charge >= 0.3 is 25.9 Å². The second kappa shape index (κ2) is 23.1. The molecule has 0 saturated carbocycles. The van der Waals surface area contributed by atoms with Gasteiger partial charge < -0.3 is 32.6 Å². The molecule has 3 saturated heterocycles. The van der Waals surface area contributed by atoms with E-state index in [-0.39, 0.29) is 43.1 Å². The molecule has 0 unspecified atom stereocenters. The Bertz CT molecular complexity index is 1790. The Kier molecular flexibility index (Phi) is 19.5. The molecule has 0 bridgehead atoms. The highest BCUT2D eigenvalue weighted by molar-refractivity contribution is 7.54. The minimum Gasteiger partial charge on any atom is -0.461 e. The monoisotopic (exact) mass is 973 g/mol. The summed E-state index contributed by atoms with van der Waals surface area (Å²) in [7, 11) is -7.61. The topological polar surface area (TPSA) is 159 Å². The molecule has 4 heterocycles. The second-order valence-corrected chi connectivity index (χ2v) is 26.1. The van der Waals surface area contributed by atoms with Crippen LogP contribution < -0.4 is 0 Å². The summed E-state index contributed by atoms with van der Waals surface area (Å²) in [6.07, 6.45) is -6.89. The van der Waals surface area contributed by atoms with E-state index < -0.39 is 95.6 Å². The molecule has 4 rings (SSSR count). The molecular weight excluding hydrogens is 908 g/mol. The zero-order valence-electron chi connectivity index (χ0n) is 38.7. The average Bonchev–Trinajstić information content (AvgIpc) is 3.66. The lowest BCUT2D eigenvalue weighted by atomic mass is 9.80. The van der Waals surface area contributed by atoms with Crippen LogP contribution >= 0.6 is 7.60 Å². The zero-order chi connectivity index (χ0) is 48.7. The van der Waals surface area contributed by atoms with Gasteiger partial charge in [-0.1, -0.05) is 73.6 Å². The zero-order valence-corrected chi connectivity index (χ0v) is 40.5. The van der Waals surface area contributed by atoms with Crippen LogP contribution in [-0.4, -0.2) is 106 Å². The van der Waals surface area contributed by atoms with Crippen molar-refractivity contribution in [3.8, 4) is 0 Å². The van der Waals surface area contributed by atoms with Crippen molar-refractivity contribution in [1.82, 2.24) is 4.98 Å². The fraction of sp³-hybridized carbons (Fsp3) is 0.773. The van der Waals surface area contributed by atoms with Crippen molar-refractivity contribution in [2.24, 2.45) is 11.8 Å². The van der Waals surface area contributed by atoms with E-state index in [2.05, 4.69) is 57.2 Å². The van der Waals surface area contributed by atoms with Crippen LogP contribution in [0.3, 0.4) is 0 Å². The van der Waals surface area contributed by atoms with Crippen LogP contribution in [0.2, 0.25) is 16.6 Å². The van der Waals surface area contributed by atoms with Gasteiger partial charge in [-0.15, -0.1) is 0 Å². The molecule has 3 fully saturated rings. The molecule has 65 heavy (non-hydrogen) atoms. The first-order valence-corrected chi connectivity index (χ1v) is 26.1. The summed E-state index contributed by atoms with van der Waals surface area (Å²) in [6.45, 7) is 17.6. The van der Waals surface area contributed by atoms with E-state index in [1.807, 2.05) is 0 Å². The van der Waals surface area contributed by atoms with E-state index >= 15 is 0 Å². The quantitative estimate of drug-likeness (QED) is 0.0286. The largest absolute Gasteiger partial charge is 0.461 e. The maximum atomic E-state index is 13.0. The summed E-state index contributed by atoms with van der Waals surface area (Å²) in [5.41, 5.74) is 2.63. The number of aldehydes is 1. The first kappa shape index (κ1) is 54.9. The number of Topliss-reactive ketones (excluding diaryl/α,β-unsaturated/α-hetero) is 1. The first-order chi connectivity index (χ1) is 30.1. The lowest BCUT2D eigenvalue weighted by molar-refractivity contribution is -0.191. The molecule has 1 aromatic heterocycles. The smallest absolute Gasteiger partial charge is 0.412 e. The van der Waals surface area contributed by atoms with Gasteiger partial charge in [-0.25, -0.2) is 4.98 Å². The molecule has 13 nitrogen and oxygen atoms in total. The first-order valence-electron chi connectivity index (χ1n) is 22.2. The predicted molar refractivity (Wildman–Crippen MR) is 229 cm³/mol. The predicted octanol–water partition coefficient (Wildman–Crippen LogP) is 10.8. The van der Waals surface area contributed by atoms with Crippen molar-refractivity contribution in [1.29, 1.82) is 0 Å². The van der Waals surface area contributed by atoms with E-state index in [4.69, 9.17) is 32.8 Å². The lowest BCUT2D eigenvalue weighted by Crippen LogP contribution is -2.53. The SMILES string of the molecule is C=C1C[C@H](C[C@@H]2C[C@@H](O[Si](C(C)C)(C(C)C)C(C)C)C[C@H](c3coc(/C=C/C[C@H]4O[C@@H](C(C)=O)[C@H](C)[C@@H](OC(=O)CP(=O)(OCC(F)(F)F)OCC(F)(F)F)[C@H]4C)n3)O2)O[C@@H](CC=O)C1. The second-order valence-electron chi connectivity index (χ2n) is 18.6. The number of carbonyl (C=O) groups is 3. The van der Waals surface area contributed by atoms with E-state index in [0.717, 1.165) is 11.9 Å². The van der Waals surface area contributed by atoms with E-state index in [9.17, 15) is 45.3 Å². The van der Waals surface area contributed by atoms with Crippen molar-refractivity contribution >= 4 is 40.0 Å². The Morgan fingerprint density at radius 2 is 1.49 bits per heavy atom. The van der Waals surface area contributed by atoms with Gasteiger partial charge in [0.2, 0.25) is 14.2 Å². The average molecular weight is 974 g/mol. The molecule has 21 heteroatoms. The van der Waals surface area contributed by atoms with Crippen molar-refractivity contribution in [2.75, 3.05) is 19.4 Å². The molecule has 0 amide bonds. The Balaban J connectivity index is 1.51. The Morgan fingerprint density at radius 1 is 0.892 bits per heavy atom. The fourth-order valence-corrected chi connectivity index (χ4v) is 16.7. The molecule has 3 aliphatic heterocycles. The molecule has 0 spiro atoms. The van der Waals surface area contributed by atoms with Crippen LogP contribution in [0.4, 0.5) is 26.3 Å². The molecule has 0 aromatic carbocycles. The number of nitrogens with zero attached hydrogens (tertiary/aromatic N) is 1. The number of alkyl halides is 6. The summed E-state index contributed by atoms with van der Waals surface area (Å²) in [6, 6.07) is 0. The maximum absolute atomic E-state index is 13.0. The third kappa shape index (κ3) is 15.7. The van der Waals surface area contributed by atoms with Gasteiger partial charge in [0.25, 0.3) is 0 Å². The minimum atomic E-state index is -5.30. The van der Waals surface area contributed by atoms with E-state index in [1.165, 1.54) is 20.1 Å². The third-order valence-corrected chi connectivity index (χ3v) is 20.3. The van der Waals surface area contributed by atoms with Crippen LogP contribution in [0.15, 0.2) is 28.9 Å². The molecule has 0 radical (unpaired) electrons. The minimum absolute atomic E-state index is 0.132. The van der Waals surface area contributed by atoms with Gasteiger partial charge in [-0.2, -0.15) is 26.3 Å². The summed E-state index contributed by atoms with van der Waals surface area (Å²) in [5.74, 6) is -3.12. The maximum Gasteiger partial charge on any atom is 0.412 e. The van der Waals surface area contributed by atoms with Gasteiger partial charge in [-0.05, 0) is 55.3 Å². The van der Waals surface area contributed by atoms with Gasteiger partial charge in [0.05, 0.1) is 30.5 Å². The number of oxazole rings is 1. The number of carbonyl (C=O) groups excluding carboxylic acids is 3. The number of aromatic nitrogens is 1. The molecular formula is C44H66F6NO12PSi. The number of ether oxygens (including phenoxy) is 4. The van der Waals surface area contributed by atoms with Crippen molar-refractivity contribution < 1.29 is 82.1 Å². The highest BCUT2D eigenvalue weighted by Gasteiger charge is 2.49. The van der Waals surface area contributed by atoms with Crippen LogP contribution in [0.25, 0.3) is 6.08 Å². The lowest BCUT2D eigenvalue weighted by Gasteiger charge is -2.47. The van der Waals surface area contributed by atoms with Crippen LogP contribution in [0.5, 0.6) is 0 Å². The highest BCUT2D eigenvalue weighted by atomic mass is 31.2. The Morgan fingerprint density at radius 3 is 2.05 bits per heavy atom. The summed E-state index contributed by atoms with van der Waals surface area (Å²) < 4.78 is 136. The number of hydrogen-bond donors (Lipinski definition) is 0. The van der Waals surface area contributed by atoms with Crippen LogP contribution in [-0.2, 0) is 51.4 Å². The number of rotatable bonds is 21. The van der Waals surface area contributed by atoms with Gasteiger partial charge in [0, 0.05) is 31.1 Å². The Labute approximate surface area is 378 Å². The molecule has 370 valence electrons. The molecule has 1 aromatic rings. The summed E-state index contributed by atoms with van der Waals surface area (Å²) in [5, 5.41) is 0. The van der Waals surface area contributed by atoms with E-state index in [1.54, 1.807) is 19.1 Å². The van der Waals surface area contributed by atoms with Gasteiger partial charge in [0.15, 0.2) is 19.0 Å². The Hall–Kier alpha value is -2.71. The normalized spacial score (nSPS) is 28.7. The number of esters is 1. The van der Waals surface area contributed by atoms with Crippen molar-refractivity contribution in [3.05, 3.63) is 36.1 Å². The van der Waals surface area contributed by atoms with Crippen molar-refractivity contribution in [3.63, 3.8) is 0 Å².